The van der Waals surface area contributed by atoms with E-state index in [1.54, 1.807) is 0 Å². The van der Waals surface area contributed by atoms with E-state index >= 15 is 0 Å². The number of hydrogen-bond acceptors (Lipinski definition) is 4. The van der Waals surface area contributed by atoms with Crippen LogP contribution in [0.15, 0.2) is 24.3 Å². The zero-order chi connectivity index (χ0) is 19.5. The molecule has 1 aliphatic carbocycles. The Morgan fingerprint density at radius 2 is 1.54 bits per heavy atom. The summed E-state index contributed by atoms with van der Waals surface area (Å²) in [6, 6.07) is 8.29. The molecule has 0 spiro atoms. The molecule has 1 saturated heterocycles. The van der Waals surface area contributed by atoms with Crippen molar-refractivity contribution in [3.8, 4) is 0 Å². The summed E-state index contributed by atoms with van der Waals surface area (Å²) in [5, 5.41) is 24.0. The summed E-state index contributed by atoms with van der Waals surface area (Å²) in [5.41, 5.74) is 1.88. The minimum atomic E-state index is -1.83. The lowest BCUT2D eigenvalue weighted by molar-refractivity contribution is 0.0927. The van der Waals surface area contributed by atoms with Gasteiger partial charge in [-0.15, -0.1) is 12.4 Å². The Hall–Kier alpha value is -1.99. The minimum Gasteiger partial charge on any atom is -0.450 e. The smallest absolute Gasteiger partial charge is 0.450 e. The number of carbonyl (C=O) groups is 2. The molecule has 0 atom stereocenters. The van der Waals surface area contributed by atoms with Crippen molar-refractivity contribution in [1.82, 2.24) is 10.6 Å². The van der Waals surface area contributed by atoms with Crippen LogP contribution in [-0.2, 0) is 0 Å². The van der Waals surface area contributed by atoms with Gasteiger partial charge in [0.2, 0.25) is 0 Å². The predicted octanol–water partition coefficient (Wildman–Crippen LogP) is 3.80. The average molecular weight is 414 g/mol. The SMILES string of the molecule is Cl.O=C(NC1CCCCC1)c1ccc(NCC2CCNCC2)cc1.O=C(O)O. The monoisotopic (exact) mass is 413 g/mol. The largest absolute Gasteiger partial charge is 0.503 e. The van der Waals surface area contributed by atoms with E-state index in [1.807, 2.05) is 24.3 Å². The lowest BCUT2D eigenvalue weighted by Crippen LogP contribution is -2.36. The summed E-state index contributed by atoms with van der Waals surface area (Å²) in [4.78, 5) is 20.8. The van der Waals surface area contributed by atoms with Gasteiger partial charge in [0.15, 0.2) is 0 Å². The molecule has 1 aromatic rings. The van der Waals surface area contributed by atoms with E-state index in [1.165, 1.54) is 32.1 Å². The Morgan fingerprint density at radius 3 is 2.11 bits per heavy atom. The van der Waals surface area contributed by atoms with Gasteiger partial charge in [0.1, 0.15) is 0 Å². The van der Waals surface area contributed by atoms with Crippen molar-refractivity contribution in [2.75, 3.05) is 25.0 Å². The number of rotatable bonds is 5. The van der Waals surface area contributed by atoms with Crippen LogP contribution in [0.2, 0.25) is 0 Å². The highest BCUT2D eigenvalue weighted by Crippen LogP contribution is 2.18. The topological polar surface area (TPSA) is 111 Å². The highest BCUT2D eigenvalue weighted by molar-refractivity contribution is 5.94. The first-order chi connectivity index (χ1) is 13.0. The Labute approximate surface area is 172 Å². The Balaban J connectivity index is 0.000000717. The second-order valence-corrected chi connectivity index (χ2v) is 7.24. The Morgan fingerprint density at radius 1 is 0.964 bits per heavy atom. The van der Waals surface area contributed by atoms with Crippen molar-refractivity contribution < 1.29 is 19.8 Å². The van der Waals surface area contributed by atoms with Crippen molar-refractivity contribution in [1.29, 1.82) is 0 Å². The fourth-order valence-corrected chi connectivity index (χ4v) is 3.60. The zero-order valence-corrected chi connectivity index (χ0v) is 17.0. The maximum atomic E-state index is 12.3. The summed E-state index contributed by atoms with van der Waals surface area (Å²) in [5.74, 6) is 0.826. The highest BCUT2D eigenvalue weighted by Gasteiger charge is 2.16. The highest BCUT2D eigenvalue weighted by atomic mass is 35.5. The number of carboxylic acid groups (broad SMARTS) is 2. The number of hydrogen-bond donors (Lipinski definition) is 5. The molecule has 0 radical (unpaired) electrons. The van der Waals surface area contributed by atoms with E-state index < -0.39 is 6.16 Å². The molecular weight excluding hydrogens is 382 g/mol. The quantitative estimate of drug-likeness (QED) is 0.502. The summed E-state index contributed by atoms with van der Waals surface area (Å²) in [7, 11) is 0. The molecule has 3 rings (SSSR count). The van der Waals surface area contributed by atoms with Gasteiger partial charge in [-0.3, -0.25) is 4.79 Å². The van der Waals surface area contributed by atoms with E-state index in [2.05, 4.69) is 16.0 Å². The van der Waals surface area contributed by atoms with Crippen LogP contribution in [0.5, 0.6) is 0 Å². The molecule has 1 saturated carbocycles. The van der Waals surface area contributed by atoms with Crippen molar-refractivity contribution in [3.05, 3.63) is 29.8 Å². The van der Waals surface area contributed by atoms with Crippen molar-refractivity contribution in [3.63, 3.8) is 0 Å². The second-order valence-electron chi connectivity index (χ2n) is 7.24. The Kier molecular flexibility index (Phi) is 11.4. The summed E-state index contributed by atoms with van der Waals surface area (Å²) >= 11 is 0. The molecule has 8 heteroatoms. The van der Waals surface area contributed by atoms with Crippen LogP contribution in [-0.4, -0.2) is 48.0 Å². The number of carbonyl (C=O) groups excluding carboxylic acids is 1. The first-order valence-corrected chi connectivity index (χ1v) is 9.82. The molecule has 0 aromatic heterocycles. The molecule has 1 amide bonds. The van der Waals surface area contributed by atoms with E-state index in [-0.39, 0.29) is 18.3 Å². The summed E-state index contributed by atoms with van der Waals surface area (Å²) in [6.07, 6.45) is 6.70. The number of halogens is 1. The Bertz CT molecular complexity index is 582. The zero-order valence-electron chi connectivity index (χ0n) is 16.2. The molecule has 5 N–H and O–H groups in total. The molecule has 1 aromatic carbocycles. The van der Waals surface area contributed by atoms with Crippen molar-refractivity contribution in [2.45, 2.75) is 51.0 Å². The molecule has 7 nitrogen and oxygen atoms in total. The molecule has 158 valence electrons. The maximum absolute atomic E-state index is 12.3. The molecule has 2 fully saturated rings. The number of nitrogens with one attached hydrogen (secondary N) is 3. The third-order valence-corrected chi connectivity index (χ3v) is 5.14. The molecule has 0 bridgehead atoms. The van der Waals surface area contributed by atoms with Gasteiger partial charge in [0.05, 0.1) is 0 Å². The third kappa shape index (κ3) is 9.28. The van der Waals surface area contributed by atoms with Crippen LogP contribution in [0.3, 0.4) is 0 Å². The van der Waals surface area contributed by atoms with Crippen LogP contribution in [0.25, 0.3) is 0 Å². The van der Waals surface area contributed by atoms with Crippen LogP contribution in [0, 0.1) is 5.92 Å². The van der Waals surface area contributed by atoms with Crippen LogP contribution in [0.1, 0.15) is 55.3 Å². The first kappa shape index (κ1) is 24.0. The van der Waals surface area contributed by atoms with Gasteiger partial charge in [-0.25, -0.2) is 4.79 Å². The van der Waals surface area contributed by atoms with Crippen LogP contribution in [0.4, 0.5) is 10.5 Å². The van der Waals surface area contributed by atoms with Crippen LogP contribution < -0.4 is 16.0 Å². The van der Waals surface area contributed by atoms with Gasteiger partial charge < -0.3 is 26.2 Å². The standard InChI is InChI=1S/C19H29N3O.CH2O3.ClH/c23-19(22-18-4-2-1-3-5-18)16-6-8-17(9-7-16)21-14-15-10-12-20-13-11-15;2-1(3)4;/h6-9,15,18,20-21H,1-5,10-14H2,(H,22,23);(H2,2,3,4);1H. The van der Waals surface area contributed by atoms with Gasteiger partial charge in [0.25, 0.3) is 5.91 Å². The van der Waals surface area contributed by atoms with E-state index in [0.717, 1.165) is 49.6 Å². The van der Waals surface area contributed by atoms with Crippen LogP contribution >= 0.6 is 12.4 Å². The minimum absolute atomic E-state index is 0. The molecule has 1 aliphatic heterocycles. The van der Waals surface area contributed by atoms with Gasteiger partial charge in [-0.05, 0) is 69.0 Å². The lowest BCUT2D eigenvalue weighted by Gasteiger charge is -2.23. The number of anilines is 1. The predicted molar refractivity (Wildman–Crippen MR) is 113 cm³/mol. The van der Waals surface area contributed by atoms with E-state index in [9.17, 15) is 4.79 Å². The second kappa shape index (κ2) is 13.2. The number of benzene rings is 1. The fraction of sp³-hybridized carbons (Fsp3) is 0.600. The van der Waals surface area contributed by atoms with Crippen molar-refractivity contribution >= 4 is 30.2 Å². The van der Waals surface area contributed by atoms with Gasteiger partial charge in [-0.2, -0.15) is 0 Å². The molecule has 28 heavy (non-hydrogen) atoms. The maximum Gasteiger partial charge on any atom is 0.503 e. The number of amides is 1. The van der Waals surface area contributed by atoms with Gasteiger partial charge >= 0.3 is 6.16 Å². The fourth-order valence-electron chi connectivity index (χ4n) is 3.60. The third-order valence-electron chi connectivity index (χ3n) is 5.14. The first-order valence-electron chi connectivity index (χ1n) is 9.82. The van der Waals surface area contributed by atoms with E-state index in [0.29, 0.717) is 6.04 Å². The summed E-state index contributed by atoms with van der Waals surface area (Å²) in [6.45, 7) is 3.29. The summed E-state index contributed by atoms with van der Waals surface area (Å²) < 4.78 is 0. The van der Waals surface area contributed by atoms with Gasteiger partial charge in [-0.1, -0.05) is 19.3 Å². The lowest BCUT2D eigenvalue weighted by atomic mass is 9.95. The van der Waals surface area contributed by atoms with E-state index in [4.69, 9.17) is 15.0 Å². The average Bonchev–Trinajstić information content (AvgIpc) is 2.68. The molecular formula is C20H32ClN3O4. The molecule has 0 unspecified atom stereocenters. The molecule has 2 aliphatic rings. The number of piperidine rings is 1. The van der Waals surface area contributed by atoms with Gasteiger partial charge in [0, 0.05) is 23.8 Å². The van der Waals surface area contributed by atoms with Crippen molar-refractivity contribution in [2.24, 2.45) is 5.92 Å². The normalized spacial score (nSPS) is 17.4. The molecule has 1 heterocycles.